The summed E-state index contributed by atoms with van der Waals surface area (Å²) < 4.78 is 11.0. The second kappa shape index (κ2) is 5.50. The quantitative estimate of drug-likeness (QED) is 0.449. The first kappa shape index (κ1) is 17.8. The summed E-state index contributed by atoms with van der Waals surface area (Å²) in [6.45, 7) is 16.2. The van der Waals surface area contributed by atoms with Gasteiger partial charge in [0.15, 0.2) is 11.7 Å². The molecular formula is C16H29NO4. The van der Waals surface area contributed by atoms with Gasteiger partial charge in [-0.25, -0.2) is 4.79 Å². The van der Waals surface area contributed by atoms with Crippen LogP contribution >= 0.6 is 0 Å². The Morgan fingerprint density at radius 2 is 1.81 bits per heavy atom. The van der Waals surface area contributed by atoms with Crippen molar-refractivity contribution in [1.29, 1.82) is 0 Å². The number of hydrogen-bond acceptors (Lipinski definition) is 5. The average Bonchev–Trinajstić information content (AvgIpc) is 2.60. The first-order valence-electron chi connectivity index (χ1n) is 7.35. The van der Waals surface area contributed by atoms with Gasteiger partial charge >= 0.3 is 6.16 Å². The topological polar surface area (TPSA) is 57.1 Å². The molecule has 3 atom stereocenters. The molecule has 1 aliphatic rings. The van der Waals surface area contributed by atoms with Gasteiger partial charge in [-0.1, -0.05) is 53.6 Å². The number of carbonyl (C=O) groups excluding carboxylic acids is 1. The molecule has 21 heavy (non-hydrogen) atoms. The van der Waals surface area contributed by atoms with Gasteiger partial charge in [0.25, 0.3) is 0 Å². The van der Waals surface area contributed by atoms with Crippen molar-refractivity contribution in [3.63, 3.8) is 0 Å². The van der Waals surface area contributed by atoms with Crippen LogP contribution in [0.2, 0.25) is 0 Å². The summed E-state index contributed by atoms with van der Waals surface area (Å²) in [5.74, 6) is -0.111. The van der Waals surface area contributed by atoms with Gasteiger partial charge in [0.05, 0.1) is 5.71 Å². The highest BCUT2D eigenvalue weighted by atomic mass is 16.8. The smallest absolute Gasteiger partial charge is 0.426 e. The van der Waals surface area contributed by atoms with Crippen LogP contribution in [0.1, 0.15) is 55.4 Å². The zero-order chi connectivity index (χ0) is 16.6. The second-order valence-corrected chi connectivity index (χ2v) is 7.95. The Bertz CT molecular complexity index is 431. The van der Waals surface area contributed by atoms with E-state index in [-0.39, 0.29) is 16.7 Å². The van der Waals surface area contributed by atoms with Gasteiger partial charge in [-0.05, 0) is 6.92 Å². The Kier molecular flexibility index (Phi) is 4.66. The van der Waals surface area contributed by atoms with Crippen LogP contribution in [0.4, 0.5) is 4.79 Å². The fraction of sp³-hybridized carbons (Fsp3) is 0.875. The molecular weight excluding hydrogens is 270 g/mol. The lowest BCUT2D eigenvalue weighted by Crippen LogP contribution is -2.53. The standard InChI is InChI=1S/C16H29NO4/c1-10(11(17-19-9)14(2,3)4)12-16(8,15(5,6)7)21-13(18)20-12/h10,12H,1-9H3/t10-,12+,16-/m0/s1. The molecule has 0 aromatic heterocycles. The van der Waals surface area contributed by atoms with Crippen molar-refractivity contribution < 1.29 is 19.1 Å². The minimum atomic E-state index is -0.719. The normalized spacial score (nSPS) is 28.9. The first-order valence-corrected chi connectivity index (χ1v) is 7.35. The highest BCUT2D eigenvalue weighted by Gasteiger charge is 2.58. The summed E-state index contributed by atoms with van der Waals surface area (Å²) in [5.41, 5.74) is -0.315. The van der Waals surface area contributed by atoms with Crippen molar-refractivity contribution in [2.24, 2.45) is 21.9 Å². The van der Waals surface area contributed by atoms with Crippen LogP contribution in [0.25, 0.3) is 0 Å². The molecule has 1 heterocycles. The zero-order valence-corrected chi connectivity index (χ0v) is 14.7. The Hall–Kier alpha value is -1.26. The molecule has 0 radical (unpaired) electrons. The fourth-order valence-electron chi connectivity index (χ4n) is 2.78. The number of ether oxygens (including phenoxy) is 2. The van der Waals surface area contributed by atoms with Gasteiger partial charge in [0.1, 0.15) is 7.11 Å². The van der Waals surface area contributed by atoms with E-state index in [1.165, 1.54) is 7.11 Å². The van der Waals surface area contributed by atoms with Crippen LogP contribution in [0, 0.1) is 16.7 Å². The molecule has 0 aliphatic carbocycles. The van der Waals surface area contributed by atoms with Crippen LogP contribution in [0.3, 0.4) is 0 Å². The largest absolute Gasteiger partial charge is 0.509 e. The molecule has 0 aromatic carbocycles. The van der Waals surface area contributed by atoms with Crippen molar-refractivity contribution in [2.45, 2.75) is 67.1 Å². The Labute approximate surface area is 128 Å². The van der Waals surface area contributed by atoms with E-state index in [4.69, 9.17) is 14.3 Å². The molecule has 0 spiro atoms. The van der Waals surface area contributed by atoms with E-state index in [1.54, 1.807) is 0 Å². The van der Waals surface area contributed by atoms with Gasteiger partial charge in [0.2, 0.25) is 0 Å². The zero-order valence-electron chi connectivity index (χ0n) is 14.7. The third-order valence-electron chi connectivity index (χ3n) is 4.39. The molecule has 0 unspecified atom stereocenters. The highest BCUT2D eigenvalue weighted by Crippen LogP contribution is 2.45. The van der Waals surface area contributed by atoms with E-state index in [1.807, 2.05) is 34.6 Å². The average molecular weight is 299 g/mol. The highest BCUT2D eigenvalue weighted by molar-refractivity contribution is 5.91. The van der Waals surface area contributed by atoms with E-state index in [9.17, 15) is 4.79 Å². The second-order valence-electron chi connectivity index (χ2n) is 7.95. The van der Waals surface area contributed by atoms with Crippen molar-refractivity contribution in [3.05, 3.63) is 0 Å². The van der Waals surface area contributed by atoms with Crippen LogP contribution in [-0.2, 0) is 14.3 Å². The molecule has 122 valence electrons. The van der Waals surface area contributed by atoms with Crippen LogP contribution in [0.15, 0.2) is 5.16 Å². The molecule has 1 rings (SSSR count). The van der Waals surface area contributed by atoms with E-state index in [0.717, 1.165) is 5.71 Å². The maximum absolute atomic E-state index is 11.7. The maximum atomic E-state index is 11.7. The SMILES string of the molecule is CON=C([C@H](C)[C@H]1OC(=O)O[C@]1(C)C(C)(C)C)C(C)(C)C. The van der Waals surface area contributed by atoms with Crippen LogP contribution in [-0.4, -0.2) is 30.7 Å². The van der Waals surface area contributed by atoms with Gasteiger partial charge in [0, 0.05) is 16.7 Å². The lowest BCUT2D eigenvalue weighted by molar-refractivity contribution is -0.0561. The third kappa shape index (κ3) is 3.33. The molecule has 1 aliphatic heterocycles. The molecule has 0 N–H and O–H groups in total. The molecule has 0 aromatic rings. The molecule has 1 saturated heterocycles. The summed E-state index contributed by atoms with van der Waals surface area (Å²) in [6.07, 6.45) is -1.02. The Balaban J connectivity index is 3.23. The number of carbonyl (C=O) groups is 1. The van der Waals surface area contributed by atoms with Crippen molar-refractivity contribution in [1.82, 2.24) is 0 Å². The van der Waals surface area contributed by atoms with Gasteiger partial charge < -0.3 is 14.3 Å². The van der Waals surface area contributed by atoms with Gasteiger partial charge in [-0.2, -0.15) is 0 Å². The minimum Gasteiger partial charge on any atom is -0.426 e. The van der Waals surface area contributed by atoms with Gasteiger partial charge in [-0.15, -0.1) is 0 Å². The molecule has 0 saturated carbocycles. The number of hydrogen-bond donors (Lipinski definition) is 0. The van der Waals surface area contributed by atoms with Crippen molar-refractivity contribution >= 4 is 11.9 Å². The fourth-order valence-corrected chi connectivity index (χ4v) is 2.78. The molecule has 5 heteroatoms. The summed E-state index contributed by atoms with van der Waals surface area (Å²) >= 11 is 0. The summed E-state index contributed by atoms with van der Waals surface area (Å²) in [4.78, 5) is 16.7. The van der Waals surface area contributed by atoms with E-state index in [0.29, 0.717) is 0 Å². The summed E-state index contributed by atoms with van der Waals surface area (Å²) in [6, 6.07) is 0. The number of nitrogens with zero attached hydrogens (tertiary/aromatic N) is 1. The summed E-state index contributed by atoms with van der Waals surface area (Å²) in [7, 11) is 1.53. The van der Waals surface area contributed by atoms with Crippen LogP contribution < -0.4 is 0 Å². The van der Waals surface area contributed by atoms with E-state index >= 15 is 0 Å². The van der Waals surface area contributed by atoms with Crippen molar-refractivity contribution in [2.75, 3.05) is 7.11 Å². The molecule has 0 amide bonds. The first-order chi connectivity index (χ1) is 9.34. The minimum absolute atomic E-state index is 0.111. The van der Waals surface area contributed by atoms with E-state index in [2.05, 4.69) is 25.9 Å². The lowest BCUT2D eigenvalue weighted by Gasteiger charge is -2.42. The number of rotatable bonds is 3. The molecule has 1 fully saturated rings. The predicted molar refractivity (Wildman–Crippen MR) is 82.3 cm³/mol. The monoisotopic (exact) mass is 299 g/mol. The molecule has 5 nitrogen and oxygen atoms in total. The van der Waals surface area contributed by atoms with Crippen molar-refractivity contribution in [3.8, 4) is 0 Å². The predicted octanol–water partition coefficient (Wildman–Crippen LogP) is 4.01. The maximum Gasteiger partial charge on any atom is 0.509 e. The Morgan fingerprint density at radius 3 is 2.19 bits per heavy atom. The lowest BCUT2D eigenvalue weighted by atomic mass is 9.68. The molecule has 0 bridgehead atoms. The number of oxime groups is 1. The Morgan fingerprint density at radius 1 is 1.29 bits per heavy atom. The van der Waals surface area contributed by atoms with Crippen LogP contribution in [0.5, 0.6) is 0 Å². The third-order valence-corrected chi connectivity index (χ3v) is 4.39. The van der Waals surface area contributed by atoms with Gasteiger partial charge in [-0.3, -0.25) is 0 Å². The number of cyclic esters (lactones) is 2. The van der Waals surface area contributed by atoms with E-state index < -0.39 is 17.9 Å². The summed E-state index contributed by atoms with van der Waals surface area (Å²) in [5, 5.41) is 4.18.